The first-order chi connectivity index (χ1) is 17.5. The van der Waals surface area contributed by atoms with E-state index in [2.05, 4.69) is 4.90 Å². The molecule has 0 bridgehead atoms. The molecule has 0 aromatic heterocycles. The van der Waals surface area contributed by atoms with Crippen molar-refractivity contribution in [3.8, 4) is 5.75 Å². The Bertz CT molecular complexity index is 1150. The predicted molar refractivity (Wildman–Crippen MR) is 137 cm³/mol. The Hall–Kier alpha value is -3.71. The van der Waals surface area contributed by atoms with Crippen molar-refractivity contribution in [2.45, 2.75) is 13.5 Å². The molecule has 0 spiro atoms. The summed E-state index contributed by atoms with van der Waals surface area (Å²) in [6, 6.07) is 23.2. The van der Waals surface area contributed by atoms with Crippen LogP contribution in [0.4, 0.5) is 4.39 Å². The van der Waals surface area contributed by atoms with Gasteiger partial charge in [0.1, 0.15) is 11.6 Å². The molecule has 4 rings (SSSR count). The van der Waals surface area contributed by atoms with Crippen molar-refractivity contribution in [3.63, 3.8) is 0 Å². The molecular formula is C29H32FN3O3. The second-order valence-corrected chi connectivity index (χ2v) is 8.99. The van der Waals surface area contributed by atoms with Crippen molar-refractivity contribution in [2.24, 2.45) is 0 Å². The average molecular weight is 490 g/mol. The fraction of sp³-hybridized carbons (Fsp3) is 0.310. The fourth-order valence-corrected chi connectivity index (χ4v) is 4.28. The lowest BCUT2D eigenvalue weighted by Gasteiger charge is -2.36. The maximum atomic E-state index is 13.4. The molecule has 1 aliphatic heterocycles. The molecule has 1 heterocycles. The first kappa shape index (κ1) is 25.4. The molecular weight excluding hydrogens is 457 g/mol. The van der Waals surface area contributed by atoms with Gasteiger partial charge in [0, 0.05) is 51.4 Å². The van der Waals surface area contributed by atoms with Crippen molar-refractivity contribution < 1.29 is 18.7 Å². The third-order valence-electron chi connectivity index (χ3n) is 6.47. The molecule has 0 radical (unpaired) electrons. The molecule has 2 amide bonds. The normalized spacial score (nSPS) is 13.9. The minimum absolute atomic E-state index is 0.0221. The Balaban J connectivity index is 1.32. The van der Waals surface area contributed by atoms with Crippen LogP contribution in [0.2, 0.25) is 0 Å². The van der Waals surface area contributed by atoms with Gasteiger partial charge in [0.15, 0.2) is 6.61 Å². The van der Waals surface area contributed by atoms with Crippen molar-refractivity contribution in [1.82, 2.24) is 14.7 Å². The number of piperazine rings is 1. The van der Waals surface area contributed by atoms with E-state index in [1.54, 1.807) is 12.1 Å². The molecule has 188 valence electrons. The Kier molecular flexibility index (Phi) is 8.68. The van der Waals surface area contributed by atoms with Crippen LogP contribution in [-0.4, -0.2) is 72.4 Å². The Morgan fingerprint density at radius 3 is 2.25 bits per heavy atom. The maximum absolute atomic E-state index is 13.4. The van der Waals surface area contributed by atoms with E-state index in [0.717, 1.165) is 24.2 Å². The molecule has 1 aliphatic rings. The topological polar surface area (TPSA) is 53.1 Å². The zero-order valence-corrected chi connectivity index (χ0v) is 20.6. The van der Waals surface area contributed by atoms with Gasteiger partial charge in [0.2, 0.25) is 0 Å². The lowest BCUT2D eigenvalue weighted by molar-refractivity contribution is -0.135. The molecule has 1 fully saturated rings. The van der Waals surface area contributed by atoms with E-state index >= 15 is 0 Å². The first-order valence-corrected chi connectivity index (χ1v) is 12.3. The molecule has 3 aromatic carbocycles. The summed E-state index contributed by atoms with van der Waals surface area (Å²) in [6.45, 7) is 6.32. The molecule has 36 heavy (non-hydrogen) atoms. The summed E-state index contributed by atoms with van der Waals surface area (Å²) < 4.78 is 19.0. The van der Waals surface area contributed by atoms with Crippen molar-refractivity contribution in [3.05, 3.63) is 101 Å². The standard InChI is InChI=1S/C29H32FN3O3/c1-23-7-5-6-10-27(23)29(35)33(21-24-11-13-25(30)14-12-24)20-17-31-15-18-32(19-16-31)28(34)22-36-26-8-3-2-4-9-26/h2-14H,15-22H2,1H3. The monoisotopic (exact) mass is 489 g/mol. The Labute approximate surface area is 211 Å². The SMILES string of the molecule is Cc1ccccc1C(=O)N(CCN1CCN(C(=O)COc2ccccc2)CC1)Cc1ccc(F)cc1. The fourth-order valence-electron chi connectivity index (χ4n) is 4.28. The highest BCUT2D eigenvalue weighted by molar-refractivity contribution is 5.95. The zero-order valence-electron chi connectivity index (χ0n) is 20.6. The highest BCUT2D eigenvalue weighted by Gasteiger charge is 2.23. The summed E-state index contributed by atoms with van der Waals surface area (Å²) in [5, 5.41) is 0. The number of benzene rings is 3. The number of nitrogens with zero attached hydrogens (tertiary/aromatic N) is 3. The molecule has 3 aromatic rings. The number of carbonyl (C=O) groups is 2. The average Bonchev–Trinajstić information content (AvgIpc) is 2.91. The van der Waals surface area contributed by atoms with E-state index in [1.165, 1.54) is 12.1 Å². The molecule has 0 aliphatic carbocycles. The lowest BCUT2D eigenvalue weighted by Crippen LogP contribution is -2.51. The predicted octanol–water partition coefficient (Wildman–Crippen LogP) is 4.00. The number of amides is 2. The Morgan fingerprint density at radius 2 is 1.56 bits per heavy atom. The smallest absolute Gasteiger partial charge is 0.260 e. The van der Waals surface area contributed by atoms with Crippen LogP contribution in [0.3, 0.4) is 0 Å². The van der Waals surface area contributed by atoms with E-state index in [4.69, 9.17) is 4.74 Å². The molecule has 7 heteroatoms. The number of para-hydroxylation sites is 1. The van der Waals surface area contributed by atoms with Crippen molar-refractivity contribution in [2.75, 3.05) is 45.9 Å². The number of carbonyl (C=O) groups excluding carboxylic acids is 2. The van der Waals surface area contributed by atoms with Gasteiger partial charge in [-0.1, -0.05) is 48.5 Å². The van der Waals surface area contributed by atoms with Gasteiger partial charge in [0.05, 0.1) is 0 Å². The first-order valence-electron chi connectivity index (χ1n) is 12.3. The summed E-state index contributed by atoms with van der Waals surface area (Å²) in [7, 11) is 0. The van der Waals surface area contributed by atoms with Crippen molar-refractivity contribution in [1.29, 1.82) is 0 Å². The molecule has 0 N–H and O–H groups in total. The Morgan fingerprint density at radius 1 is 0.889 bits per heavy atom. The maximum Gasteiger partial charge on any atom is 0.260 e. The number of ether oxygens (including phenoxy) is 1. The quantitative estimate of drug-likeness (QED) is 0.456. The van der Waals surface area contributed by atoms with Gasteiger partial charge < -0.3 is 14.5 Å². The van der Waals surface area contributed by atoms with Gasteiger partial charge in [-0.2, -0.15) is 0 Å². The minimum Gasteiger partial charge on any atom is -0.484 e. The van der Waals surface area contributed by atoms with E-state index in [1.807, 2.05) is 71.3 Å². The largest absolute Gasteiger partial charge is 0.484 e. The van der Waals surface area contributed by atoms with Crippen LogP contribution >= 0.6 is 0 Å². The summed E-state index contributed by atoms with van der Waals surface area (Å²) in [4.78, 5) is 31.9. The van der Waals surface area contributed by atoms with Crippen molar-refractivity contribution >= 4 is 11.8 Å². The highest BCUT2D eigenvalue weighted by Crippen LogP contribution is 2.15. The van der Waals surface area contributed by atoms with Crippen LogP contribution < -0.4 is 4.74 Å². The molecule has 1 saturated heterocycles. The van der Waals surface area contributed by atoms with Crippen LogP contribution in [0.1, 0.15) is 21.5 Å². The summed E-state index contributed by atoms with van der Waals surface area (Å²) in [5.74, 6) is 0.330. The zero-order chi connectivity index (χ0) is 25.3. The van der Waals surface area contributed by atoms with Gasteiger partial charge in [0.25, 0.3) is 11.8 Å². The van der Waals surface area contributed by atoms with E-state index in [0.29, 0.717) is 44.0 Å². The van der Waals surface area contributed by atoms with Crippen LogP contribution in [0, 0.1) is 12.7 Å². The van der Waals surface area contributed by atoms with Crippen LogP contribution in [0.25, 0.3) is 0 Å². The number of hydrogen-bond donors (Lipinski definition) is 0. The van der Waals surface area contributed by atoms with Crippen LogP contribution in [0.15, 0.2) is 78.9 Å². The van der Waals surface area contributed by atoms with Gasteiger partial charge in [-0.25, -0.2) is 4.39 Å². The summed E-state index contributed by atoms with van der Waals surface area (Å²) in [6.07, 6.45) is 0. The van der Waals surface area contributed by atoms with Gasteiger partial charge in [-0.15, -0.1) is 0 Å². The third-order valence-corrected chi connectivity index (χ3v) is 6.47. The third kappa shape index (κ3) is 6.92. The number of aryl methyl sites for hydroxylation is 1. The summed E-state index contributed by atoms with van der Waals surface area (Å²) in [5.41, 5.74) is 2.48. The van der Waals surface area contributed by atoms with Crippen LogP contribution in [-0.2, 0) is 11.3 Å². The van der Waals surface area contributed by atoms with Gasteiger partial charge >= 0.3 is 0 Å². The second kappa shape index (κ2) is 12.3. The second-order valence-electron chi connectivity index (χ2n) is 8.99. The van der Waals surface area contributed by atoms with Gasteiger partial charge in [-0.05, 0) is 48.4 Å². The van der Waals surface area contributed by atoms with Crippen LogP contribution in [0.5, 0.6) is 5.75 Å². The number of hydrogen-bond acceptors (Lipinski definition) is 4. The highest BCUT2D eigenvalue weighted by atomic mass is 19.1. The molecule has 0 atom stereocenters. The molecule has 6 nitrogen and oxygen atoms in total. The van der Waals surface area contributed by atoms with E-state index < -0.39 is 0 Å². The van der Waals surface area contributed by atoms with E-state index in [-0.39, 0.29) is 24.2 Å². The molecule has 0 unspecified atom stereocenters. The lowest BCUT2D eigenvalue weighted by atomic mass is 10.1. The minimum atomic E-state index is -0.294. The number of rotatable bonds is 9. The summed E-state index contributed by atoms with van der Waals surface area (Å²) >= 11 is 0. The number of halogens is 1. The molecule has 0 saturated carbocycles. The van der Waals surface area contributed by atoms with Gasteiger partial charge in [-0.3, -0.25) is 14.5 Å². The van der Waals surface area contributed by atoms with E-state index in [9.17, 15) is 14.0 Å².